The highest BCUT2D eigenvalue weighted by Gasteiger charge is 2.42. The summed E-state index contributed by atoms with van der Waals surface area (Å²) in [7, 11) is 4.42. The van der Waals surface area contributed by atoms with Gasteiger partial charge in [-0.3, -0.25) is 4.99 Å². The first kappa shape index (κ1) is 16.5. The van der Waals surface area contributed by atoms with E-state index in [1.165, 1.54) is 12.3 Å². The Hall–Kier alpha value is -0.830. The standard InChI is InChI=1S/C18H33N3/c1-9-13-15-14(20(7)8)10-11-21(15)17(12(2)3)19-16(13)18(4,5)6/h12,14,16H,9-11H2,1-8H3. The first-order valence-electron chi connectivity index (χ1n) is 8.43. The predicted octanol–water partition coefficient (Wildman–Crippen LogP) is 3.77. The number of nitrogens with zero attached hydrogens (tertiary/aromatic N) is 3. The molecule has 3 nitrogen and oxygen atoms in total. The van der Waals surface area contributed by atoms with E-state index in [4.69, 9.17) is 4.99 Å². The van der Waals surface area contributed by atoms with Gasteiger partial charge in [-0.15, -0.1) is 0 Å². The molecule has 0 saturated carbocycles. The van der Waals surface area contributed by atoms with Gasteiger partial charge >= 0.3 is 0 Å². The van der Waals surface area contributed by atoms with E-state index < -0.39 is 0 Å². The van der Waals surface area contributed by atoms with Crippen LogP contribution >= 0.6 is 0 Å². The Labute approximate surface area is 131 Å². The minimum absolute atomic E-state index is 0.185. The van der Waals surface area contributed by atoms with Gasteiger partial charge < -0.3 is 9.80 Å². The summed E-state index contributed by atoms with van der Waals surface area (Å²) >= 11 is 0. The van der Waals surface area contributed by atoms with E-state index >= 15 is 0 Å². The summed E-state index contributed by atoms with van der Waals surface area (Å²) in [6.45, 7) is 14.9. The van der Waals surface area contributed by atoms with Crippen LogP contribution in [0, 0.1) is 11.3 Å². The van der Waals surface area contributed by atoms with Crippen LogP contribution in [0.4, 0.5) is 0 Å². The fraction of sp³-hybridized carbons (Fsp3) is 0.833. The molecule has 120 valence electrons. The molecular formula is C18H33N3. The lowest BCUT2D eigenvalue weighted by Gasteiger charge is -2.41. The molecule has 1 fully saturated rings. The van der Waals surface area contributed by atoms with Gasteiger partial charge in [-0.2, -0.15) is 0 Å². The SMILES string of the molecule is CCC1=C2C(N(C)C)CCN2C(C(C)C)=NC1C(C)(C)C. The van der Waals surface area contributed by atoms with Crippen LogP contribution in [0.2, 0.25) is 0 Å². The average Bonchev–Trinajstić information content (AvgIpc) is 2.79. The first-order valence-corrected chi connectivity index (χ1v) is 8.43. The molecule has 2 rings (SSSR count). The maximum absolute atomic E-state index is 5.21. The third-order valence-corrected chi connectivity index (χ3v) is 4.77. The Morgan fingerprint density at radius 1 is 1.29 bits per heavy atom. The molecule has 0 radical (unpaired) electrons. The maximum atomic E-state index is 5.21. The van der Waals surface area contributed by atoms with Gasteiger partial charge in [-0.1, -0.05) is 41.5 Å². The molecule has 21 heavy (non-hydrogen) atoms. The molecule has 0 N–H and O–H groups in total. The average molecular weight is 291 g/mol. The molecule has 0 aliphatic carbocycles. The molecule has 0 aromatic heterocycles. The van der Waals surface area contributed by atoms with Crippen molar-refractivity contribution >= 4 is 5.84 Å². The fourth-order valence-corrected chi connectivity index (χ4v) is 3.79. The van der Waals surface area contributed by atoms with E-state index in [1.54, 1.807) is 11.3 Å². The smallest absolute Gasteiger partial charge is 0.106 e. The summed E-state index contributed by atoms with van der Waals surface area (Å²) in [5.74, 6) is 1.79. The molecule has 3 heteroatoms. The summed E-state index contributed by atoms with van der Waals surface area (Å²) in [6.07, 6.45) is 2.32. The number of likely N-dealkylation sites (N-methyl/N-ethyl adjacent to an activating group) is 1. The quantitative estimate of drug-likeness (QED) is 0.788. The van der Waals surface area contributed by atoms with Crippen LogP contribution in [-0.2, 0) is 0 Å². The number of aliphatic imine (C=N–C) groups is 1. The topological polar surface area (TPSA) is 18.8 Å². The zero-order valence-corrected chi connectivity index (χ0v) is 15.2. The second-order valence-electron chi connectivity index (χ2n) is 8.09. The number of hydrogen-bond acceptors (Lipinski definition) is 3. The molecule has 0 spiro atoms. The third-order valence-electron chi connectivity index (χ3n) is 4.77. The summed E-state index contributed by atoms with van der Waals surface area (Å²) in [4.78, 5) is 10.1. The molecule has 2 aliphatic heterocycles. The normalized spacial score (nSPS) is 26.8. The van der Waals surface area contributed by atoms with Crippen LogP contribution in [0.5, 0.6) is 0 Å². The van der Waals surface area contributed by atoms with E-state index in [2.05, 4.69) is 65.4 Å². The fourth-order valence-electron chi connectivity index (χ4n) is 3.79. The van der Waals surface area contributed by atoms with E-state index in [0.29, 0.717) is 18.0 Å². The molecule has 1 saturated heterocycles. The molecule has 0 aromatic carbocycles. The molecule has 0 aromatic rings. The van der Waals surface area contributed by atoms with Crippen molar-refractivity contribution in [1.29, 1.82) is 0 Å². The van der Waals surface area contributed by atoms with Crippen LogP contribution in [0.15, 0.2) is 16.3 Å². The van der Waals surface area contributed by atoms with E-state index in [1.807, 2.05) is 0 Å². The van der Waals surface area contributed by atoms with Crippen LogP contribution in [0.1, 0.15) is 54.4 Å². The minimum Gasteiger partial charge on any atom is -0.332 e. The lowest BCUT2D eigenvalue weighted by Crippen LogP contribution is -2.44. The van der Waals surface area contributed by atoms with Gasteiger partial charge in [0.1, 0.15) is 5.84 Å². The molecule has 0 bridgehead atoms. The molecule has 0 amide bonds. The summed E-state index contributed by atoms with van der Waals surface area (Å²) < 4.78 is 0. The maximum Gasteiger partial charge on any atom is 0.106 e. The van der Waals surface area contributed by atoms with E-state index in [0.717, 1.165) is 13.0 Å². The number of fused-ring (bicyclic) bond motifs is 1. The minimum atomic E-state index is 0.185. The summed E-state index contributed by atoms with van der Waals surface area (Å²) in [5.41, 5.74) is 3.30. The van der Waals surface area contributed by atoms with Crippen molar-refractivity contribution in [3.8, 4) is 0 Å². The first-order chi connectivity index (χ1) is 9.68. The molecule has 2 unspecified atom stereocenters. The summed E-state index contributed by atoms with van der Waals surface area (Å²) in [6, 6.07) is 0.876. The zero-order chi connectivity index (χ0) is 15.9. The van der Waals surface area contributed by atoms with Crippen molar-refractivity contribution < 1.29 is 0 Å². The van der Waals surface area contributed by atoms with Crippen molar-refractivity contribution in [2.45, 2.75) is 66.5 Å². The Morgan fingerprint density at radius 2 is 1.90 bits per heavy atom. The number of rotatable bonds is 3. The number of hydrogen-bond donors (Lipinski definition) is 0. The molecule has 2 atom stereocenters. The van der Waals surface area contributed by atoms with Gasteiger partial charge in [0.05, 0.1) is 12.1 Å². The zero-order valence-electron chi connectivity index (χ0n) is 15.2. The van der Waals surface area contributed by atoms with Crippen molar-refractivity contribution in [3.63, 3.8) is 0 Å². The lowest BCUT2D eigenvalue weighted by atomic mass is 9.79. The van der Waals surface area contributed by atoms with Crippen molar-refractivity contribution in [1.82, 2.24) is 9.80 Å². The second kappa shape index (κ2) is 5.75. The van der Waals surface area contributed by atoms with Gasteiger partial charge in [-0.05, 0) is 37.9 Å². The largest absolute Gasteiger partial charge is 0.332 e. The highest BCUT2D eigenvalue weighted by atomic mass is 15.3. The van der Waals surface area contributed by atoms with Crippen LogP contribution in [-0.4, -0.2) is 48.4 Å². The van der Waals surface area contributed by atoms with Gasteiger partial charge in [0.15, 0.2) is 0 Å². The highest BCUT2D eigenvalue weighted by Crippen LogP contribution is 2.41. The summed E-state index contributed by atoms with van der Waals surface area (Å²) in [5, 5.41) is 0. The van der Waals surface area contributed by atoms with Crippen molar-refractivity contribution in [2.24, 2.45) is 16.3 Å². The Bertz CT molecular complexity index is 452. The third kappa shape index (κ3) is 2.90. The Balaban J connectivity index is 2.56. The van der Waals surface area contributed by atoms with Crippen LogP contribution in [0.25, 0.3) is 0 Å². The monoisotopic (exact) mass is 291 g/mol. The molecule has 2 heterocycles. The van der Waals surface area contributed by atoms with Crippen LogP contribution < -0.4 is 0 Å². The second-order valence-corrected chi connectivity index (χ2v) is 8.09. The van der Waals surface area contributed by atoms with Gasteiger partial charge in [0.25, 0.3) is 0 Å². The van der Waals surface area contributed by atoms with Crippen molar-refractivity contribution in [3.05, 3.63) is 11.3 Å². The lowest BCUT2D eigenvalue weighted by molar-refractivity contribution is 0.305. The number of amidine groups is 1. The van der Waals surface area contributed by atoms with Crippen LogP contribution in [0.3, 0.4) is 0 Å². The predicted molar refractivity (Wildman–Crippen MR) is 91.6 cm³/mol. The Morgan fingerprint density at radius 3 is 2.33 bits per heavy atom. The highest BCUT2D eigenvalue weighted by molar-refractivity contribution is 5.88. The molecular weight excluding hydrogens is 258 g/mol. The van der Waals surface area contributed by atoms with E-state index in [9.17, 15) is 0 Å². The van der Waals surface area contributed by atoms with E-state index in [-0.39, 0.29) is 5.41 Å². The molecule has 2 aliphatic rings. The Kier molecular flexibility index (Phi) is 4.53. The van der Waals surface area contributed by atoms with Gasteiger partial charge in [0.2, 0.25) is 0 Å². The van der Waals surface area contributed by atoms with Gasteiger partial charge in [-0.25, -0.2) is 0 Å². The van der Waals surface area contributed by atoms with Gasteiger partial charge in [0, 0.05) is 18.2 Å². The van der Waals surface area contributed by atoms with Crippen molar-refractivity contribution in [2.75, 3.05) is 20.6 Å².